The van der Waals surface area contributed by atoms with Gasteiger partial charge in [0.15, 0.2) is 5.82 Å². The van der Waals surface area contributed by atoms with Gasteiger partial charge in [-0.1, -0.05) is 6.07 Å². The number of anilines is 1. The quantitative estimate of drug-likeness (QED) is 0.730. The van der Waals surface area contributed by atoms with Gasteiger partial charge in [-0.05, 0) is 63.3 Å². The van der Waals surface area contributed by atoms with E-state index in [1.54, 1.807) is 0 Å². The predicted molar refractivity (Wildman–Crippen MR) is 104 cm³/mol. The molecule has 4 heterocycles. The largest absolute Gasteiger partial charge is 0.375 e. The van der Waals surface area contributed by atoms with E-state index in [-0.39, 0.29) is 5.60 Å². The highest BCUT2D eigenvalue weighted by Gasteiger charge is 2.47. The molecule has 0 amide bonds. The van der Waals surface area contributed by atoms with Crippen LogP contribution >= 0.6 is 0 Å². The average molecular weight is 368 g/mol. The summed E-state index contributed by atoms with van der Waals surface area (Å²) in [7, 11) is 0. The molecule has 2 aliphatic rings. The fourth-order valence-electron chi connectivity index (χ4n) is 4.07. The molecule has 6 nitrogen and oxygen atoms in total. The number of hydrogen-bond acceptors (Lipinski definition) is 6. The van der Waals surface area contributed by atoms with Crippen LogP contribution in [0, 0.1) is 19.8 Å². The van der Waals surface area contributed by atoms with Crippen molar-refractivity contribution < 1.29 is 9.47 Å². The molecule has 0 aromatic carbocycles. The number of pyridine rings is 1. The summed E-state index contributed by atoms with van der Waals surface area (Å²) in [4.78, 5) is 6.74. The summed E-state index contributed by atoms with van der Waals surface area (Å²) in [5.41, 5.74) is 2.99. The molecule has 1 unspecified atom stereocenters. The number of rotatable bonds is 6. The normalized spacial score (nSPS) is 21.3. The van der Waals surface area contributed by atoms with E-state index in [0.717, 1.165) is 68.5 Å². The van der Waals surface area contributed by atoms with Crippen LogP contribution in [0.25, 0.3) is 0 Å². The first-order chi connectivity index (χ1) is 13.1. The Labute approximate surface area is 160 Å². The maximum atomic E-state index is 6.16. The number of hydrogen-bond donors (Lipinski definition) is 0. The van der Waals surface area contributed by atoms with Crippen LogP contribution in [0.4, 0.5) is 5.82 Å². The maximum absolute atomic E-state index is 6.16. The molecule has 4 rings (SSSR count). The SMILES string of the molecule is Cc1ccc(N2CC3(CC(CCOCc4cccc(C)n4)CCO3)C2)nn1. The highest BCUT2D eigenvalue weighted by Crippen LogP contribution is 2.39. The van der Waals surface area contributed by atoms with Crippen molar-refractivity contribution >= 4 is 5.82 Å². The monoisotopic (exact) mass is 368 g/mol. The Hall–Kier alpha value is -2.05. The van der Waals surface area contributed by atoms with E-state index in [2.05, 4.69) is 20.1 Å². The molecular formula is C21H28N4O2. The van der Waals surface area contributed by atoms with E-state index < -0.39 is 0 Å². The predicted octanol–water partition coefficient (Wildman–Crippen LogP) is 3.08. The minimum absolute atomic E-state index is 0.00637. The second-order valence-electron chi connectivity index (χ2n) is 7.89. The van der Waals surface area contributed by atoms with Gasteiger partial charge in [-0.15, -0.1) is 5.10 Å². The van der Waals surface area contributed by atoms with Crippen LogP contribution in [0.15, 0.2) is 30.3 Å². The summed E-state index contributed by atoms with van der Waals surface area (Å²) in [6, 6.07) is 10.1. The molecule has 2 aromatic heterocycles. The van der Waals surface area contributed by atoms with Crippen molar-refractivity contribution in [2.75, 3.05) is 31.2 Å². The fraction of sp³-hybridized carbons (Fsp3) is 0.571. The first kappa shape index (κ1) is 18.3. The lowest BCUT2D eigenvalue weighted by Crippen LogP contribution is -2.65. The van der Waals surface area contributed by atoms with E-state index in [0.29, 0.717) is 12.5 Å². The van der Waals surface area contributed by atoms with Gasteiger partial charge in [-0.25, -0.2) is 0 Å². The Kier molecular flexibility index (Phi) is 5.36. The first-order valence-corrected chi connectivity index (χ1v) is 9.81. The Bertz CT molecular complexity index is 759. The Morgan fingerprint density at radius 1 is 1.15 bits per heavy atom. The van der Waals surface area contributed by atoms with Gasteiger partial charge >= 0.3 is 0 Å². The van der Waals surface area contributed by atoms with E-state index in [1.165, 1.54) is 0 Å². The van der Waals surface area contributed by atoms with Crippen LogP contribution < -0.4 is 4.90 Å². The summed E-state index contributed by atoms with van der Waals surface area (Å²) < 4.78 is 12.0. The van der Waals surface area contributed by atoms with Gasteiger partial charge in [-0.2, -0.15) is 5.10 Å². The van der Waals surface area contributed by atoms with Gasteiger partial charge in [-0.3, -0.25) is 4.98 Å². The van der Waals surface area contributed by atoms with Gasteiger partial charge in [0.05, 0.1) is 31.1 Å². The van der Waals surface area contributed by atoms with Crippen LogP contribution in [0.5, 0.6) is 0 Å². The van der Waals surface area contributed by atoms with E-state index in [4.69, 9.17) is 9.47 Å². The zero-order valence-electron chi connectivity index (χ0n) is 16.2. The van der Waals surface area contributed by atoms with E-state index in [9.17, 15) is 0 Å². The van der Waals surface area contributed by atoms with Gasteiger partial charge < -0.3 is 14.4 Å². The van der Waals surface area contributed by atoms with Crippen LogP contribution in [-0.2, 0) is 16.1 Å². The van der Waals surface area contributed by atoms with Gasteiger partial charge in [0.2, 0.25) is 0 Å². The molecule has 1 spiro atoms. The molecule has 2 aromatic rings. The molecule has 1 atom stereocenters. The molecule has 0 N–H and O–H groups in total. The van der Waals surface area contributed by atoms with Crippen molar-refractivity contribution in [3.05, 3.63) is 47.4 Å². The van der Waals surface area contributed by atoms with Crippen molar-refractivity contribution in [2.24, 2.45) is 5.92 Å². The Morgan fingerprint density at radius 2 is 2.04 bits per heavy atom. The molecule has 2 fully saturated rings. The highest BCUT2D eigenvalue weighted by molar-refractivity contribution is 5.43. The average Bonchev–Trinajstić information content (AvgIpc) is 2.64. The topological polar surface area (TPSA) is 60.4 Å². The van der Waals surface area contributed by atoms with Gasteiger partial charge in [0.25, 0.3) is 0 Å². The lowest BCUT2D eigenvalue weighted by molar-refractivity contribution is -0.116. The lowest BCUT2D eigenvalue weighted by atomic mass is 9.79. The van der Waals surface area contributed by atoms with Crippen molar-refractivity contribution in [1.82, 2.24) is 15.2 Å². The summed E-state index contributed by atoms with van der Waals surface area (Å²) in [5, 5.41) is 8.44. The van der Waals surface area contributed by atoms with E-state index >= 15 is 0 Å². The standard InChI is InChI=1S/C21H28N4O2/c1-16-4-3-5-19(22-16)13-26-10-8-18-9-11-27-21(12-18)14-25(15-21)20-7-6-17(2)23-24-20/h3-7,18H,8-15H2,1-2H3. The first-order valence-electron chi connectivity index (χ1n) is 9.81. The summed E-state index contributed by atoms with van der Waals surface area (Å²) >= 11 is 0. The van der Waals surface area contributed by atoms with Crippen molar-refractivity contribution in [1.29, 1.82) is 0 Å². The number of ether oxygens (including phenoxy) is 2. The van der Waals surface area contributed by atoms with E-state index in [1.807, 2.05) is 44.2 Å². The molecule has 0 bridgehead atoms. The van der Waals surface area contributed by atoms with Crippen molar-refractivity contribution in [3.63, 3.8) is 0 Å². The third kappa shape index (κ3) is 4.45. The number of aromatic nitrogens is 3. The summed E-state index contributed by atoms with van der Waals surface area (Å²) in [5.74, 6) is 1.61. The molecule has 2 saturated heterocycles. The van der Waals surface area contributed by atoms with Crippen LogP contribution in [0.2, 0.25) is 0 Å². The van der Waals surface area contributed by atoms with Crippen LogP contribution in [-0.4, -0.2) is 47.1 Å². The van der Waals surface area contributed by atoms with Gasteiger partial charge in [0.1, 0.15) is 5.60 Å². The fourth-order valence-corrected chi connectivity index (χ4v) is 4.07. The maximum Gasteiger partial charge on any atom is 0.151 e. The highest BCUT2D eigenvalue weighted by atomic mass is 16.5. The molecule has 6 heteroatoms. The molecule has 0 aliphatic carbocycles. The zero-order chi connectivity index (χ0) is 18.7. The number of nitrogens with zero attached hydrogens (tertiary/aromatic N) is 4. The molecular weight excluding hydrogens is 340 g/mol. The van der Waals surface area contributed by atoms with Crippen molar-refractivity contribution in [2.45, 2.75) is 45.3 Å². The minimum atomic E-state index is -0.00637. The Balaban J connectivity index is 1.21. The lowest BCUT2D eigenvalue weighted by Gasteiger charge is -2.53. The smallest absolute Gasteiger partial charge is 0.151 e. The summed E-state index contributed by atoms with van der Waals surface area (Å²) in [6.07, 6.45) is 3.31. The third-order valence-electron chi connectivity index (χ3n) is 5.53. The molecule has 2 aliphatic heterocycles. The second-order valence-corrected chi connectivity index (χ2v) is 7.89. The van der Waals surface area contributed by atoms with Gasteiger partial charge in [0, 0.05) is 18.9 Å². The van der Waals surface area contributed by atoms with Crippen LogP contribution in [0.3, 0.4) is 0 Å². The summed E-state index contributed by atoms with van der Waals surface area (Å²) in [6.45, 7) is 8.01. The molecule has 144 valence electrons. The third-order valence-corrected chi connectivity index (χ3v) is 5.53. The number of aryl methyl sites for hydroxylation is 2. The zero-order valence-corrected chi connectivity index (χ0v) is 16.2. The van der Waals surface area contributed by atoms with Crippen LogP contribution in [0.1, 0.15) is 36.3 Å². The molecule has 27 heavy (non-hydrogen) atoms. The molecule has 0 saturated carbocycles. The second kappa shape index (κ2) is 7.90. The molecule has 0 radical (unpaired) electrons. The van der Waals surface area contributed by atoms with Crippen molar-refractivity contribution in [3.8, 4) is 0 Å². The Morgan fingerprint density at radius 3 is 2.81 bits per heavy atom. The minimum Gasteiger partial charge on any atom is -0.375 e.